The van der Waals surface area contributed by atoms with Crippen molar-refractivity contribution in [1.29, 1.82) is 0 Å². The minimum absolute atomic E-state index is 0.615. The van der Waals surface area contributed by atoms with Crippen LogP contribution in [0.5, 0.6) is 0 Å². The first kappa shape index (κ1) is 12.1. The molecule has 0 N–H and O–H groups in total. The van der Waals surface area contributed by atoms with Crippen LogP contribution in [0, 0.1) is 0 Å². The van der Waals surface area contributed by atoms with E-state index in [2.05, 4.69) is 10.2 Å². The van der Waals surface area contributed by atoms with Crippen LogP contribution in [0.3, 0.4) is 0 Å². The zero-order valence-electron chi connectivity index (χ0n) is 9.74. The smallest absolute Gasteiger partial charge is 0.150 e. The second-order valence-corrected chi connectivity index (χ2v) is 3.93. The lowest BCUT2D eigenvalue weighted by atomic mass is 10.0. The van der Waals surface area contributed by atoms with Crippen molar-refractivity contribution in [3.05, 3.63) is 53.3 Å². The van der Waals surface area contributed by atoms with Crippen molar-refractivity contribution in [2.75, 3.05) is 0 Å². The maximum atomic E-state index is 10.5. The standard InChI is InChI=1S/C14H12N2O2/c17-9-11-1-5-13(6-2-11)15-16-14-7-3-12(10-18)4-8-14/h1-3,5-7,9-10H,4,8H2/b16-15+. The van der Waals surface area contributed by atoms with Gasteiger partial charge in [-0.1, -0.05) is 6.08 Å². The molecule has 0 heterocycles. The van der Waals surface area contributed by atoms with Gasteiger partial charge in [-0.25, -0.2) is 0 Å². The molecule has 1 aliphatic carbocycles. The van der Waals surface area contributed by atoms with E-state index in [4.69, 9.17) is 0 Å². The molecule has 4 nitrogen and oxygen atoms in total. The summed E-state index contributed by atoms with van der Waals surface area (Å²) in [7, 11) is 0. The molecule has 0 aliphatic heterocycles. The molecule has 0 spiro atoms. The minimum Gasteiger partial charge on any atom is -0.298 e. The summed E-state index contributed by atoms with van der Waals surface area (Å²) in [5.41, 5.74) is 2.94. The quantitative estimate of drug-likeness (QED) is 0.598. The maximum absolute atomic E-state index is 10.5. The number of nitrogens with zero attached hydrogens (tertiary/aromatic N) is 2. The maximum Gasteiger partial charge on any atom is 0.150 e. The van der Waals surface area contributed by atoms with Gasteiger partial charge in [0.05, 0.1) is 11.4 Å². The molecule has 0 atom stereocenters. The lowest BCUT2D eigenvalue weighted by Crippen LogP contribution is -1.92. The summed E-state index contributed by atoms with van der Waals surface area (Å²) >= 11 is 0. The second kappa shape index (κ2) is 5.82. The van der Waals surface area contributed by atoms with E-state index in [0.717, 1.165) is 30.3 Å². The average molecular weight is 240 g/mol. The molecular weight excluding hydrogens is 228 g/mol. The molecule has 1 aromatic carbocycles. The van der Waals surface area contributed by atoms with Crippen LogP contribution in [0.25, 0.3) is 0 Å². The first-order valence-electron chi connectivity index (χ1n) is 5.64. The predicted octanol–water partition coefficient (Wildman–Crippen LogP) is 3.39. The number of hydrogen-bond acceptors (Lipinski definition) is 4. The van der Waals surface area contributed by atoms with Gasteiger partial charge in [-0.3, -0.25) is 9.59 Å². The first-order valence-corrected chi connectivity index (χ1v) is 5.64. The number of benzene rings is 1. The normalized spacial score (nSPS) is 15.1. The van der Waals surface area contributed by atoms with E-state index in [1.807, 2.05) is 0 Å². The molecule has 0 bridgehead atoms. The van der Waals surface area contributed by atoms with Gasteiger partial charge in [0.1, 0.15) is 12.6 Å². The SMILES string of the molecule is O=CC1=CC=C(/N=N/c2ccc(C=O)cc2)CC1. The largest absolute Gasteiger partial charge is 0.298 e. The summed E-state index contributed by atoms with van der Waals surface area (Å²) in [4.78, 5) is 21.0. The van der Waals surface area contributed by atoms with Gasteiger partial charge in [0.25, 0.3) is 0 Å². The van der Waals surface area contributed by atoms with Crippen molar-refractivity contribution in [3.63, 3.8) is 0 Å². The molecule has 0 aromatic heterocycles. The summed E-state index contributed by atoms with van der Waals surface area (Å²) in [5, 5.41) is 8.19. The third-order valence-corrected chi connectivity index (χ3v) is 2.63. The van der Waals surface area contributed by atoms with Crippen LogP contribution >= 0.6 is 0 Å². The zero-order valence-corrected chi connectivity index (χ0v) is 9.74. The Hall–Kier alpha value is -2.36. The molecule has 0 saturated heterocycles. The molecule has 0 unspecified atom stereocenters. The Morgan fingerprint density at radius 2 is 1.67 bits per heavy atom. The molecule has 18 heavy (non-hydrogen) atoms. The summed E-state index contributed by atoms with van der Waals surface area (Å²) in [6.45, 7) is 0. The van der Waals surface area contributed by atoms with Crippen LogP contribution in [0.1, 0.15) is 23.2 Å². The molecule has 90 valence electrons. The Balaban J connectivity index is 2.07. The highest BCUT2D eigenvalue weighted by Crippen LogP contribution is 2.20. The van der Waals surface area contributed by atoms with Crippen molar-refractivity contribution in [2.24, 2.45) is 10.2 Å². The highest BCUT2D eigenvalue weighted by molar-refractivity contribution is 5.75. The van der Waals surface area contributed by atoms with Gasteiger partial charge in [-0.05, 0) is 48.8 Å². The summed E-state index contributed by atoms with van der Waals surface area (Å²) in [5.74, 6) is 0. The van der Waals surface area contributed by atoms with Crippen molar-refractivity contribution in [2.45, 2.75) is 12.8 Å². The van der Waals surface area contributed by atoms with Gasteiger partial charge in [0, 0.05) is 5.56 Å². The molecule has 1 aromatic rings. The molecule has 0 radical (unpaired) electrons. The summed E-state index contributed by atoms with van der Waals surface area (Å²) in [6, 6.07) is 6.87. The third kappa shape index (κ3) is 3.07. The number of azo groups is 1. The van der Waals surface area contributed by atoms with E-state index in [-0.39, 0.29) is 0 Å². The molecule has 0 saturated carbocycles. The van der Waals surface area contributed by atoms with Gasteiger partial charge in [-0.15, -0.1) is 0 Å². The number of hydrogen-bond donors (Lipinski definition) is 0. The van der Waals surface area contributed by atoms with E-state index >= 15 is 0 Å². The van der Waals surface area contributed by atoms with Crippen LogP contribution < -0.4 is 0 Å². The van der Waals surface area contributed by atoms with E-state index in [1.54, 1.807) is 36.4 Å². The highest BCUT2D eigenvalue weighted by atomic mass is 16.1. The van der Waals surface area contributed by atoms with Gasteiger partial charge < -0.3 is 0 Å². The van der Waals surface area contributed by atoms with Crippen LogP contribution in [0.4, 0.5) is 5.69 Å². The number of allylic oxidation sites excluding steroid dienone is 4. The number of rotatable bonds is 4. The highest BCUT2D eigenvalue weighted by Gasteiger charge is 2.04. The molecule has 0 fully saturated rings. The second-order valence-electron chi connectivity index (χ2n) is 3.93. The fraction of sp³-hybridized carbons (Fsp3) is 0.143. The van der Waals surface area contributed by atoms with Gasteiger partial charge in [0.2, 0.25) is 0 Å². The van der Waals surface area contributed by atoms with E-state index in [0.29, 0.717) is 17.7 Å². The molecule has 0 amide bonds. The average Bonchev–Trinajstić information content (AvgIpc) is 2.46. The fourth-order valence-corrected chi connectivity index (χ4v) is 1.57. The molecular formula is C14H12N2O2. The Morgan fingerprint density at radius 3 is 2.22 bits per heavy atom. The zero-order chi connectivity index (χ0) is 12.8. The van der Waals surface area contributed by atoms with Crippen molar-refractivity contribution in [3.8, 4) is 0 Å². The van der Waals surface area contributed by atoms with Crippen LogP contribution in [-0.2, 0) is 4.79 Å². The molecule has 1 aliphatic rings. The van der Waals surface area contributed by atoms with Crippen LogP contribution in [0.15, 0.2) is 57.9 Å². The van der Waals surface area contributed by atoms with E-state index in [9.17, 15) is 9.59 Å². The minimum atomic E-state index is 0.615. The number of carbonyl (C=O) groups excluding carboxylic acids is 2. The lowest BCUT2D eigenvalue weighted by molar-refractivity contribution is -0.105. The lowest BCUT2D eigenvalue weighted by Gasteiger charge is -2.05. The fourth-order valence-electron chi connectivity index (χ4n) is 1.57. The number of carbonyl (C=O) groups is 2. The van der Waals surface area contributed by atoms with Crippen LogP contribution in [-0.4, -0.2) is 12.6 Å². The van der Waals surface area contributed by atoms with Gasteiger partial charge in [0.15, 0.2) is 0 Å². The Kier molecular flexibility index (Phi) is 3.91. The van der Waals surface area contributed by atoms with E-state index in [1.165, 1.54) is 0 Å². The first-order chi connectivity index (χ1) is 8.81. The topological polar surface area (TPSA) is 58.9 Å². The summed E-state index contributed by atoms with van der Waals surface area (Å²) in [6.07, 6.45) is 6.65. The van der Waals surface area contributed by atoms with Crippen molar-refractivity contribution < 1.29 is 9.59 Å². The monoisotopic (exact) mass is 240 g/mol. The Morgan fingerprint density at radius 1 is 0.889 bits per heavy atom. The molecule has 2 rings (SSSR count). The summed E-state index contributed by atoms with van der Waals surface area (Å²) < 4.78 is 0. The van der Waals surface area contributed by atoms with Crippen molar-refractivity contribution in [1.82, 2.24) is 0 Å². The van der Waals surface area contributed by atoms with Gasteiger partial charge >= 0.3 is 0 Å². The predicted molar refractivity (Wildman–Crippen MR) is 67.8 cm³/mol. The van der Waals surface area contributed by atoms with E-state index < -0.39 is 0 Å². The Bertz CT molecular complexity index is 539. The Labute approximate surface area is 105 Å². The van der Waals surface area contributed by atoms with Crippen LogP contribution in [0.2, 0.25) is 0 Å². The van der Waals surface area contributed by atoms with Crippen molar-refractivity contribution >= 4 is 18.3 Å². The van der Waals surface area contributed by atoms with Gasteiger partial charge in [-0.2, -0.15) is 10.2 Å². The molecule has 4 heteroatoms. The number of aldehydes is 2. The third-order valence-electron chi connectivity index (χ3n) is 2.63.